The Morgan fingerprint density at radius 3 is 2.33 bits per heavy atom. The first-order chi connectivity index (χ1) is 15.9. The molecular weight excluding hydrogens is 462 g/mol. The van der Waals surface area contributed by atoms with E-state index in [0.29, 0.717) is 43.4 Å². The number of nitrogens with one attached hydrogen (secondary N) is 1. The first kappa shape index (κ1) is 25.8. The fraction of sp³-hybridized carbons (Fsp3) is 0.458. The third-order valence-corrected chi connectivity index (χ3v) is 8.18. The summed E-state index contributed by atoms with van der Waals surface area (Å²) in [5.41, 5.74) is 1.50. The number of Topliss-reactive ketones (excluding diaryl/α,β-unsaturated/α-hetero) is 1. The molecule has 180 valence electrons. The van der Waals surface area contributed by atoms with Crippen LogP contribution in [0.4, 0.5) is 0 Å². The van der Waals surface area contributed by atoms with Crippen LogP contribution in [0.15, 0.2) is 53.4 Å². The average Bonchev–Trinajstić information content (AvgIpc) is 2.84. The number of carbonyl (C=O) groups is 1. The zero-order valence-corrected chi connectivity index (χ0v) is 20.7. The van der Waals surface area contributed by atoms with Crippen LogP contribution < -0.4 is 5.32 Å². The molecule has 1 atom stereocenters. The van der Waals surface area contributed by atoms with E-state index in [4.69, 9.17) is 16.3 Å². The molecular formula is C24H32ClN3O4S. The summed E-state index contributed by atoms with van der Waals surface area (Å²) in [4.78, 5) is 15.2. The molecule has 1 aliphatic heterocycles. The van der Waals surface area contributed by atoms with Gasteiger partial charge in [0.15, 0.2) is 5.78 Å². The molecule has 0 radical (unpaired) electrons. The lowest BCUT2D eigenvalue weighted by molar-refractivity contribution is 0.0730. The summed E-state index contributed by atoms with van der Waals surface area (Å²) in [6, 6.07) is 14.0. The van der Waals surface area contributed by atoms with Gasteiger partial charge in [-0.2, -0.15) is 4.31 Å². The van der Waals surface area contributed by atoms with Crippen molar-refractivity contribution in [1.82, 2.24) is 14.5 Å². The van der Waals surface area contributed by atoms with E-state index in [9.17, 15) is 13.2 Å². The molecule has 0 aromatic heterocycles. The van der Waals surface area contributed by atoms with Crippen LogP contribution in [0, 0.1) is 0 Å². The lowest BCUT2D eigenvalue weighted by Gasteiger charge is -2.31. The van der Waals surface area contributed by atoms with Crippen LogP contribution in [-0.2, 0) is 14.8 Å². The van der Waals surface area contributed by atoms with Gasteiger partial charge in [0.2, 0.25) is 10.0 Å². The summed E-state index contributed by atoms with van der Waals surface area (Å²) in [7, 11) is -3.57. The molecule has 1 unspecified atom stereocenters. The Morgan fingerprint density at radius 2 is 1.73 bits per heavy atom. The van der Waals surface area contributed by atoms with Crippen molar-refractivity contribution in [3.63, 3.8) is 0 Å². The molecule has 1 heterocycles. The van der Waals surface area contributed by atoms with E-state index in [0.717, 1.165) is 18.7 Å². The Morgan fingerprint density at radius 1 is 1.09 bits per heavy atom. The minimum atomic E-state index is -3.57. The first-order valence-electron chi connectivity index (χ1n) is 11.3. The van der Waals surface area contributed by atoms with Crippen LogP contribution in [-0.4, -0.2) is 75.9 Å². The normalized spacial score (nSPS) is 16.1. The smallest absolute Gasteiger partial charge is 0.243 e. The van der Waals surface area contributed by atoms with E-state index in [2.05, 4.69) is 24.1 Å². The maximum absolute atomic E-state index is 12.8. The SMILES string of the molecule is CCN(CC)C(CNCC(=O)c1ccc(S(=O)(=O)N2CCOCC2)cc1)c1ccccc1Cl. The van der Waals surface area contributed by atoms with Crippen molar-refractivity contribution in [2.75, 3.05) is 52.5 Å². The Bertz CT molecular complexity index is 1020. The summed E-state index contributed by atoms with van der Waals surface area (Å²) in [5, 5.41) is 3.97. The molecule has 0 saturated carbocycles. The van der Waals surface area contributed by atoms with Crippen LogP contribution in [0.2, 0.25) is 5.02 Å². The quantitative estimate of drug-likeness (QED) is 0.484. The number of rotatable bonds is 11. The molecule has 9 heteroatoms. The average molecular weight is 494 g/mol. The molecule has 3 rings (SSSR count). The Labute approximate surface area is 201 Å². The van der Waals surface area contributed by atoms with Crippen molar-refractivity contribution in [3.8, 4) is 0 Å². The minimum absolute atomic E-state index is 0.0440. The number of morpholine rings is 1. The molecule has 1 N–H and O–H groups in total. The van der Waals surface area contributed by atoms with Gasteiger partial charge in [-0.05, 0) is 36.9 Å². The first-order valence-corrected chi connectivity index (χ1v) is 13.1. The highest BCUT2D eigenvalue weighted by molar-refractivity contribution is 7.89. The van der Waals surface area contributed by atoms with Crippen molar-refractivity contribution in [1.29, 1.82) is 0 Å². The molecule has 1 aliphatic rings. The number of hydrogen-bond donors (Lipinski definition) is 1. The number of halogens is 1. The minimum Gasteiger partial charge on any atom is -0.379 e. The fourth-order valence-electron chi connectivity index (χ4n) is 4.02. The summed E-state index contributed by atoms with van der Waals surface area (Å²) >= 11 is 6.44. The topological polar surface area (TPSA) is 79.0 Å². The number of ether oxygens (including phenoxy) is 1. The van der Waals surface area contributed by atoms with E-state index < -0.39 is 10.0 Å². The van der Waals surface area contributed by atoms with Crippen LogP contribution in [0.3, 0.4) is 0 Å². The van der Waals surface area contributed by atoms with Gasteiger partial charge in [-0.25, -0.2) is 8.42 Å². The van der Waals surface area contributed by atoms with Gasteiger partial charge < -0.3 is 10.1 Å². The van der Waals surface area contributed by atoms with Crippen molar-refractivity contribution < 1.29 is 17.9 Å². The van der Waals surface area contributed by atoms with Crippen LogP contribution in [0.1, 0.15) is 35.8 Å². The second-order valence-corrected chi connectivity index (χ2v) is 10.2. The molecule has 0 aliphatic carbocycles. The van der Waals surface area contributed by atoms with Crippen LogP contribution >= 0.6 is 11.6 Å². The summed E-state index contributed by atoms with van der Waals surface area (Å²) < 4.78 is 32.2. The lowest BCUT2D eigenvalue weighted by atomic mass is 10.0. The molecule has 33 heavy (non-hydrogen) atoms. The van der Waals surface area contributed by atoms with E-state index in [-0.39, 0.29) is 23.3 Å². The zero-order chi connectivity index (χ0) is 23.8. The van der Waals surface area contributed by atoms with Gasteiger partial charge in [-0.15, -0.1) is 0 Å². The second kappa shape index (κ2) is 12.1. The number of benzene rings is 2. The summed E-state index contributed by atoms with van der Waals surface area (Å²) in [6.45, 7) is 8.11. The van der Waals surface area contributed by atoms with Crippen LogP contribution in [0.5, 0.6) is 0 Å². The van der Waals surface area contributed by atoms with E-state index >= 15 is 0 Å². The van der Waals surface area contributed by atoms with Crippen molar-refractivity contribution in [2.24, 2.45) is 0 Å². The second-order valence-electron chi connectivity index (χ2n) is 7.85. The standard InChI is InChI=1S/C24H32ClN3O4S/c1-3-27(4-2)23(21-7-5-6-8-22(21)25)17-26-18-24(29)19-9-11-20(12-10-19)33(30,31)28-13-15-32-16-14-28/h5-12,23,26H,3-4,13-18H2,1-2H3. The third kappa shape index (κ3) is 6.41. The number of likely N-dealkylation sites (N-methyl/N-ethyl adjacent to an activating group) is 1. The summed E-state index contributed by atoms with van der Waals surface area (Å²) in [5.74, 6) is -0.0947. The predicted octanol–water partition coefficient (Wildman–Crippen LogP) is 3.22. The molecule has 1 saturated heterocycles. The molecule has 1 fully saturated rings. The van der Waals surface area contributed by atoms with E-state index in [1.807, 2.05) is 24.3 Å². The van der Waals surface area contributed by atoms with Gasteiger partial charge in [-0.1, -0.05) is 55.8 Å². The highest BCUT2D eigenvalue weighted by Gasteiger charge is 2.26. The Kier molecular flexibility index (Phi) is 9.43. The fourth-order valence-corrected chi connectivity index (χ4v) is 5.69. The molecule has 2 aromatic carbocycles. The lowest BCUT2D eigenvalue weighted by Crippen LogP contribution is -2.40. The number of hydrogen-bond acceptors (Lipinski definition) is 6. The van der Waals surface area contributed by atoms with Gasteiger partial charge in [0, 0.05) is 36.3 Å². The van der Waals surface area contributed by atoms with Gasteiger partial charge in [0.25, 0.3) is 0 Å². The molecule has 0 spiro atoms. The summed E-state index contributed by atoms with van der Waals surface area (Å²) in [6.07, 6.45) is 0. The monoisotopic (exact) mass is 493 g/mol. The molecule has 0 bridgehead atoms. The maximum Gasteiger partial charge on any atom is 0.243 e. The largest absolute Gasteiger partial charge is 0.379 e. The number of ketones is 1. The Hall–Kier alpha value is -1.81. The van der Waals surface area contributed by atoms with Crippen molar-refractivity contribution >= 4 is 27.4 Å². The predicted molar refractivity (Wildman–Crippen MR) is 130 cm³/mol. The van der Waals surface area contributed by atoms with E-state index in [1.165, 1.54) is 16.4 Å². The van der Waals surface area contributed by atoms with Gasteiger partial charge in [0.05, 0.1) is 24.7 Å². The van der Waals surface area contributed by atoms with Gasteiger partial charge >= 0.3 is 0 Å². The van der Waals surface area contributed by atoms with Gasteiger partial charge in [0.1, 0.15) is 0 Å². The van der Waals surface area contributed by atoms with E-state index in [1.54, 1.807) is 12.1 Å². The molecule has 0 amide bonds. The maximum atomic E-state index is 12.8. The molecule has 2 aromatic rings. The van der Waals surface area contributed by atoms with Crippen LogP contribution in [0.25, 0.3) is 0 Å². The zero-order valence-electron chi connectivity index (χ0n) is 19.2. The number of sulfonamides is 1. The highest BCUT2D eigenvalue weighted by atomic mass is 35.5. The van der Waals surface area contributed by atoms with Crippen molar-refractivity contribution in [3.05, 3.63) is 64.7 Å². The highest BCUT2D eigenvalue weighted by Crippen LogP contribution is 2.27. The Balaban J connectivity index is 1.63. The number of nitrogens with zero attached hydrogens (tertiary/aromatic N) is 2. The molecule has 7 nitrogen and oxygen atoms in total. The van der Waals surface area contributed by atoms with Crippen molar-refractivity contribution in [2.45, 2.75) is 24.8 Å². The number of carbonyl (C=O) groups excluding carboxylic acids is 1. The van der Waals surface area contributed by atoms with Gasteiger partial charge in [-0.3, -0.25) is 9.69 Å². The third-order valence-electron chi connectivity index (χ3n) is 5.92.